The number of halogens is 2. The molecule has 5 nitrogen and oxygen atoms in total. The van der Waals surface area contributed by atoms with Crippen molar-refractivity contribution in [2.45, 2.75) is 13.5 Å². The molecule has 0 radical (unpaired) electrons. The maximum absolute atomic E-state index is 13.4. The molecule has 0 saturated heterocycles. The van der Waals surface area contributed by atoms with Gasteiger partial charge in [-0.3, -0.25) is 4.79 Å². The molecule has 130 valence electrons. The van der Waals surface area contributed by atoms with Crippen molar-refractivity contribution in [3.05, 3.63) is 87.2 Å². The SMILES string of the molecule is Cc1nn(Cc2cccc(F)c2)c(=O)c2c1cnn2-c1cccc(Cl)c1. The normalized spacial score (nSPS) is 11.2. The van der Waals surface area contributed by atoms with E-state index in [2.05, 4.69) is 10.2 Å². The highest BCUT2D eigenvalue weighted by Crippen LogP contribution is 2.20. The highest BCUT2D eigenvalue weighted by Gasteiger charge is 2.15. The molecule has 2 aromatic heterocycles. The fourth-order valence-electron chi connectivity index (χ4n) is 2.94. The molecule has 0 aliphatic carbocycles. The van der Waals surface area contributed by atoms with E-state index < -0.39 is 0 Å². The van der Waals surface area contributed by atoms with Gasteiger partial charge in [-0.1, -0.05) is 29.8 Å². The summed E-state index contributed by atoms with van der Waals surface area (Å²) < 4.78 is 16.3. The molecule has 0 fully saturated rings. The molecule has 0 amide bonds. The lowest BCUT2D eigenvalue weighted by Crippen LogP contribution is -2.26. The van der Waals surface area contributed by atoms with Crippen molar-refractivity contribution in [1.29, 1.82) is 0 Å². The van der Waals surface area contributed by atoms with Gasteiger partial charge in [-0.25, -0.2) is 13.8 Å². The first-order valence-corrected chi connectivity index (χ1v) is 8.36. The molecule has 0 aliphatic rings. The van der Waals surface area contributed by atoms with Crippen molar-refractivity contribution in [1.82, 2.24) is 19.6 Å². The van der Waals surface area contributed by atoms with Crippen LogP contribution in [0.25, 0.3) is 16.6 Å². The van der Waals surface area contributed by atoms with E-state index in [4.69, 9.17) is 11.6 Å². The molecule has 0 unspecified atom stereocenters. The van der Waals surface area contributed by atoms with Gasteiger partial charge in [0.1, 0.15) is 11.3 Å². The van der Waals surface area contributed by atoms with Crippen molar-refractivity contribution in [2.75, 3.05) is 0 Å². The summed E-state index contributed by atoms with van der Waals surface area (Å²) in [5, 5.41) is 9.91. The summed E-state index contributed by atoms with van der Waals surface area (Å²) in [6.07, 6.45) is 1.62. The third-order valence-corrected chi connectivity index (χ3v) is 4.38. The average Bonchev–Trinajstić information content (AvgIpc) is 3.05. The Bertz CT molecular complexity index is 1180. The second kappa shape index (κ2) is 6.38. The summed E-state index contributed by atoms with van der Waals surface area (Å²) in [5.41, 5.74) is 2.13. The quantitative estimate of drug-likeness (QED) is 0.553. The van der Waals surface area contributed by atoms with Crippen LogP contribution in [0.4, 0.5) is 4.39 Å². The van der Waals surface area contributed by atoms with Crippen LogP contribution in [-0.4, -0.2) is 19.6 Å². The van der Waals surface area contributed by atoms with Gasteiger partial charge in [0, 0.05) is 10.4 Å². The minimum Gasteiger partial charge on any atom is -0.265 e. The second-order valence-electron chi connectivity index (χ2n) is 5.98. The van der Waals surface area contributed by atoms with Crippen LogP contribution in [0.1, 0.15) is 11.3 Å². The molecule has 26 heavy (non-hydrogen) atoms. The molecular weight excluding hydrogens is 355 g/mol. The average molecular weight is 369 g/mol. The molecule has 0 spiro atoms. The Morgan fingerprint density at radius 1 is 1.15 bits per heavy atom. The van der Waals surface area contributed by atoms with E-state index in [1.807, 2.05) is 13.0 Å². The van der Waals surface area contributed by atoms with E-state index in [9.17, 15) is 9.18 Å². The second-order valence-corrected chi connectivity index (χ2v) is 6.41. The fraction of sp³-hybridized carbons (Fsp3) is 0.105. The van der Waals surface area contributed by atoms with E-state index in [0.29, 0.717) is 32.9 Å². The van der Waals surface area contributed by atoms with E-state index >= 15 is 0 Å². The molecule has 4 rings (SSSR count). The van der Waals surface area contributed by atoms with Gasteiger partial charge in [0.15, 0.2) is 0 Å². The summed E-state index contributed by atoms with van der Waals surface area (Å²) in [4.78, 5) is 13.0. The summed E-state index contributed by atoms with van der Waals surface area (Å²) in [5.74, 6) is -0.350. The lowest BCUT2D eigenvalue weighted by Gasteiger charge is -2.09. The fourth-order valence-corrected chi connectivity index (χ4v) is 3.13. The van der Waals surface area contributed by atoms with E-state index in [1.54, 1.807) is 41.2 Å². The van der Waals surface area contributed by atoms with Crippen LogP contribution in [0, 0.1) is 12.7 Å². The van der Waals surface area contributed by atoms with Crippen LogP contribution in [0.3, 0.4) is 0 Å². The van der Waals surface area contributed by atoms with Crippen LogP contribution in [0.5, 0.6) is 0 Å². The van der Waals surface area contributed by atoms with Crippen LogP contribution in [0.15, 0.2) is 59.5 Å². The molecule has 0 N–H and O–H groups in total. The van der Waals surface area contributed by atoms with Crippen LogP contribution in [0.2, 0.25) is 5.02 Å². The number of aryl methyl sites for hydroxylation is 1. The first-order valence-electron chi connectivity index (χ1n) is 7.99. The number of hydrogen-bond donors (Lipinski definition) is 0. The standard InChI is InChI=1S/C19H14ClFN4O/c1-12-17-10-22-25(16-7-3-5-14(20)9-16)18(17)19(26)24(23-12)11-13-4-2-6-15(21)8-13/h2-10H,11H2,1H3. The van der Waals surface area contributed by atoms with Crippen LogP contribution in [-0.2, 0) is 6.54 Å². The summed E-state index contributed by atoms with van der Waals surface area (Å²) >= 11 is 6.07. The lowest BCUT2D eigenvalue weighted by atomic mass is 10.2. The predicted molar refractivity (Wildman–Crippen MR) is 98.4 cm³/mol. The number of hydrogen-bond acceptors (Lipinski definition) is 3. The van der Waals surface area contributed by atoms with Gasteiger partial charge in [0.05, 0.1) is 24.1 Å². The zero-order chi connectivity index (χ0) is 18.3. The Hall–Kier alpha value is -2.99. The monoisotopic (exact) mass is 368 g/mol. The Morgan fingerprint density at radius 2 is 1.96 bits per heavy atom. The molecule has 0 saturated carbocycles. The Balaban J connectivity index is 1.90. The van der Waals surface area contributed by atoms with Gasteiger partial charge in [-0.05, 0) is 42.8 Å². The molecule has 0 bridgehead atoms. The third kappa shape index (κ3) is 2.88. The minimum absolute atomic E-state index is 0.175. The number of benzene rings is 2. The maximum atomic E-state index is 13.4. The highest BCUT2D eigenvalue weighted by molar-refractivity contribution is 6.30. The first-order chi connectivity index (χ1) is 12.5. The molecular formula is C19H14ClFN4O. The maximum Gasteiger partial charge on any atom is 0.293 e. The molecule has 2 heterocycles. The first kappa shape index (κ1) is 16.5. The highest BCUT2D eigenvalue weighted by atomic mass is 35.5. The predicted octanol–water partition coefficient (Wildman–Crippen LogP) is 3.73. The van der Waals surface area contributed by atoms with Gasteiger partial charge in [0.25, 0.3) is 5.56 Å². The van der Waals surface area contributed by atoms with E-state index in [1.165, 1.54) is 16.8 Å². The Morgan fingerprint density at radius 3 is 2.73 bits per heavy atom. The summed E-state index contributed by atoms with van der Waals surface area (Å²) in [6, 6.07) is 13.2. The molecule has 7 heteroatoms. The van der Waals surface area contributed by atoms with E-state index in [-0.39, 0.29) is 17.9 Å². The van der Waals surface area contributed by atoms with E-state index in [0.717, 1.165) is 0 Å². The largest absolute Gasteiger partial charge is 0.293 e. The third-order valence-electron chi connectivity index (χ3n) is 4.14. The van der Waals surface area contributed by atoms with Crippen molar-refractivity contribution < 1.29 is 4.39 Å². The molecule has 0 atom stereocenters. The minimum atomic E-state index is -0.350. The zero-order valence-corrected chi connectivity index (χ0v) is 14.6. The van der Waals surface area contributed by atoms with Crippen molar-refractivity contribution in [3.63, 3.8) is 0 Å². The van der Waals surface area contributed by atoms with Gasteiger partial charge in [0.2, 0.25) is 0 Å². The van der Waals surface area contributed by atoms with Crippen molar-refractivity contribution in [2.24, 2.45) is 0 Å². The molecule has 2 aromatic carbocycles. The Kier molecular flexibility index (Phi) is 4.05. The molecule has 4 aromatic rings. The van der Waals surface area contributed by atoms with Gasteiger partial charge >= 0.3 is 0 Å². The topological polar surface area (TPSA) is 52.7 Å². The number of nitrogens with zero attached hydrogens (tertiary/aromatic N) is 4. The molecule has 0 aliphatic heterocycles. The summed E-state index contributed by atoms with van der Waals surface area (Å²) in [6.45, 7) is 1.99. The van der Waals surface area contributed by atoms with Gasteiger partial charge in [-0.2, -0.15) is 10.2 Å². The zero-order valence-electron chi connectivity index (χ0n) is 13.9. The van der Waals surface area contributed by atoms with Crippen molar-refractivity contribution >= 4 is 22.5 Å². The van der Waals surface area contributed by atoms with Crippen LogP contribution < -0.4 is 5.56 Å². The number of aromatic nitrogens is 4. The number of rotatable bonds is 3. The van der Waals surface area contributed by atoms with Gasteiger partial charge in [-0.15, -0.1) is 0 Å². The number of fused-ring (bicyclic) bond motifs is 1. The van der Waals surface area contributed by atoms with Crippen LogP contribution >= 0.6 is 11.6 Å². The Labute approximate surface area is 153 Å². The summed E-state index contributed by atoms with van der Waals surface area (Å²) in [7, 11) is 0. The van der Waals surface area contributed by atoms with Crippen molar-refractivity contribution in [3.8, 4) is 5.69 Å². The lowest BCUT2D eigenvalue weighted by molar-refractivity contribution is 0.609. The smallest absolute Gasteiger partial charge is 0.265 e. The van der Waals surface area contributed by atoms with Gasteiger partial charge < -0.3 is 0 Å².